The summed E-state index contributed by atoms with van der Waals surface area (Å²) in [6.07, 6.45) is 2.77. The van der Waals surface area contributed by atoms with Crippen molar-refractivity contribution < 1.29 is 27.4 Å². The highest BCUT2D eigenvalue weighted by atomic mass is 32.2. The van der Waals surface area contributed by atoms with Gasteiger partial charge in [-0.1, -0.05) is 26.1 Å². The Balaban J connectivity index is 0.000000324. The number of nitrogens with one attached hydrogen (secondary N) is 2. The number of para-hydroxylation sites is 1. The topological polar surface area (TPSA) is 189 Å². The maximum atomic E-state index is 13.5. The van der Waals surface area contributed by atoms with Crippen molar-refractivity contribution in [2.75, 3.05) is 64.0 Å². The van der Waals surface area contributed by atoms with Crippen molar-refractivity contribution >= 4 is 58.7 Å². The van der Waals surface area contributed by atoms with E-state index in [9.17, 15) is 23.1 Å². The minimum Gasteiger partial charge on any atom is -0.496 e. The SMILES string of the molecule is COc1cc(P(C)C)ccc1[N+](=O)[O-].COc1cc(P2(=O)CCNCC2)ccc1-c1cnc(N)nc1Nc1ccccc1S(=O)(=O)C(C)C. The van der Waals surface area contributed by atoms with Crippen molar-refractivity contribution in [1.29, 1.82) is 0 Å². The van der Waals surface area contributed by atoms with Crippen molar-refractivity contribution in [2.45, 2.75) is 24.0 Å². The fourth-order valence-electron chi connectivity index (χ4n) is 5.15. The zero-order valence-corrected chi connectivity index (χ0v) is 30.9. The van der Waals surface area contributed by atoms with Gasteiger partial charge in [-0.05, 0) is 68.9 Å². The van der Waals surface area contributed by atoms with Gasteiger partial charge in [-0.15, -0.1) is 0 Å². The molecule has 0 bridgehead atoms. The highest BCUT2D eigenvalue weighted by Crippen LogP contribution is 2.47. The first-order chi connectivity index (χ1) is 23.2. The van der Waals surface area contributed by atoms with Gasteiger partial charge in [0.25, 0.3) is 0 Å². The molecule has 262 valence electrons. The Morgan fingerprint density at radius 2 is 1.67 bits per heavy atom. The third kappa shape index (κ3) is 8.75. The Kier molecular flexibility index (Phi) is 12.4. The molecule has 1 saturated heterocycles. The van der Waals surface area contributed by atoms with Crippen LogP contribution in [-0.4, -0.2) is 81.5 Å². The quantitative estimate of drug-likeness (QED) is 0.110. The number of nitrogen functional groups attached to an aromatic ring is 1. The summed E-state index contributed by atoms with van der Waals surface area (Å²) in [5, 5.41) is 18.3. The number of aromatic nitrogens is 2. The number of nitrogens with two attached hydrogens (primary N) is 1. The molecule has 0 saturated carbocycles. The zero-order valence-electron chi connectivity index (χ0n) is 28.3. The number of hydrogen-bond donors (Lipinski definition) is 3. The van der Waals surface area contributed by atoms with E-state index in [1.165, 1.54) is 13.2 Å². The Labute approximate surface area is 288 Å². The van der Waals surface area contributed by atoms with Gasteiger partial charge in [-0.3, -0.25) is 10.1 Å². The number of nitro benzene ring substituents is 1. The third-order valence-electron chi connectivity index (χ3n) is 8.00. The fraction of sp³-hybridized carbons (Fsp3) is 0.333. The second-order valence-electron chi connectivity index (χ2n) is 11.7. The number of methoxy groups -OCH3 is 2. The molecular weight excluding hydrogens is 686 g/mol. The van der Waals surface area contributed by atoms with Crippen LogP contribution < -0.4 is 36.5 Å². The van der Waals surface area contributed by atoms with E-state index in [4.69, 9.17) is 15.2 Å². The van der Waals surface area contributed by atoms with Crippen LogP contribution in [0.2, 0.25) is 0 Å². The highest BCUT2D eigenvalue weighted by molar-refractivity contribution is 7.92. The summed E-state index contributed by atoms with van der Waals surface area (Å²) in [4.78, 5) is 18.8. The Bertz CT molecular complexity index is 1970. The summed E-state index contributed by atoms with van der Waals surface area (Å²) in [6.45, 7) is 8.91. The van der Waals surface area contributed by atoms with Crippen molar-refractivity contribution in [3.63, 3.8) is 0 Å². The smallest absolute Gasteiger partial charge is 0.310 e. The lowest BCUT2D eigenvalue weighted by Crippen LogP contribution is -2.32. The van der Waals surface area contributed by atoms with Crippen molar-refractivity contribution in [2.24, 2.45) is 0 Å². The van der Waals surface area contributed by atoms with Crippen molar-refractivity contribution in [3.05, 3.63) is 77.0 Å². The van der Waals surface area contributed by atoms with Crippen molar-refractivity contribution in [1.82, 2.24) is 15.3 Å². The zero-order chi connectivity index (χ0) is 35.9. The molecule has 1 aromatic heterocycles. The second-order valence-corrected chi connectivity index (χ2v) is 19.7. The van der Waals surface area contributed by atoms with Crippen LogP contribution in [0.25, 0.3) is 11.1 Å². The molecule has 0 aliphatic carbocycles. The molecule has 4 aromatic rings. The number of anilines is 3. The molecule has 13 nitrogen and oxygen atoms in total. The number of sulfone groups is 1. The first kappa shape index (κ1) is 37.7. The van der Waals surface area contributed by atoms with E-state index in [0.717, 1.165) is 23.7 Å². The van der Waals surface area contributed by atoms with E-state index in [-0.39, 0.29) is 24.5 Å². The van der Waals surface area contributed by atoms with E-state index >= 15 is 0 Å². The van der Waals surface area contributed by atoms with Gasteiger partial charge in [0.15, 0.2) is 15.6 Å². The van der Waals surface area contributed by atoms with Gasteiger partial charge in [-0.2, -0.15) is 4.98 Å². The van der Waals surface area contributed by atoms with Gasteiger partial charge in [0.1, 0.15) is 18.7 Å². The van der Waals surface area contributed by atoms with Gasteiger partial charge < -0.3 is 30.4 Å². The van der Waals surface area contributed by atoms with E-state index in [0.29, 0.717) is 46.5 Å². The van der Waals surface area contributed by atoms with Crippen LogP contribution >= 0.6 is 15.1 Å². The molecule has 0 atom stereocenters. The molecule has 0 spiro atoms. The first-order valence-electron chi connectivity index (χ1n) is 15.4. The maximum absolute atomic E-state index is 13.5. The number of nitrogens with zero attached hydrogens (tertiary/aromatic N) is 3. The molecule has 5 rings (SSSR count). The summed E-state index contributed by atoms with van der Waals surface area (Å²) in [6, 6.07) is 17.2. The predicted octanol–water partition coefficient (Wildman–Crippen LogP) is 5.22. The molecule has 4 N–H and O–H groups in total. The number of benzene rings is 3. The Morgan fingerprint density at radius 3 is 2.29 bits per heavy atom. The second kappa shape index (κ2) is 16.1. The summed E-state index contributed by atoms with van der Waals surface area (Å²) >= 11 is 0. The summed E-state index contributed by atoms with van der Waals surface area (Å²) in [5.41, 5.74) is 7.54. The molecule has 1 fully saturated rings. The Morgan fingerprint density at radius 1 is 1.00 bits per heavy atom. The fourth-order valence-corrected chi connectivity index (χ4v) is 9.58. The predicted molar refractivity (Wildman–Crippen MR) is 198 cm³/mol. The maximum Gasteiger partial charge on any atom is 0.310 e. The van der Waals surface area contributed by atoms with Crippen LogP contribution in [0, 0.1) is 10.1 Å². The van der Waals surface area contributed by atoms with Crippen molar-refractivity contribution in [3.8, 4) is 22.6 Å². The number of hydrogen-bond acceptors (Lipinski definition) is 12. The number of ether oxygens (including phenoxy) is 2. The van der Waals surface area contributed by atoms with Gasteiger partial charge in [-0.25, -0.2) is 13.4 Å². The number of rotatable bonds is 10. The standard InChI is InChI=1S/C24H30N5O4PS.C9H12NO3P/c1-16(2)35(31,32)22-7-5-4-6-20(22)28-23-19(15-27-24(25)29-23)18-9-8-17(14-21(18)33-3)34(30)12-10-26-11-13-34;1-13-9-6-7(14(2)3)4-5-8(9)10(11)12/h4-9,14-16,26H,10-13H2,1-3H3,(H3,25,27,28,29);4-6H,1-3H3. The van der Waals surface area contributed by atoms with Gasteiger partial charge in [0.05, 0.1) is 35.0 Å². The van der Waals surface area contributed by atoms with E-state index < -0.39 is 27.2 Å². The molecule has 1 aliphatic heterocycles. The van der Waals surface area contributed by atoms with Crippen LogP contribution in [0.3, 0.4) is 0 Å². The van der Waals surface area contributed by atoms with E-state index in [2.05, 4.69) is 33.9 Å². The lowest BCUT2D eigenvalue weighted by Gasteiger charge is -2.25. The normalized spacial score (nSPS) is 14.1. The monoisotopic (exact) mass is 728 g/mol. The summed E-state index contributed by atoms with van der Waals surface area (Å²) in [5.74, 6) is 1.23. The van der Waals surface area contributed by atoms with Crippen LogP contribution in [-0.2, 0) is 14.4 Å². The molecule has 3 aromatic carbocycles. The molecular formula is C33H42N6O7P2S. The van der Waals surface area contributed by atoms with E-state index in [1.54, 1.807) is 63.6 Å². The lowest BCUT2D eigenvalue weighted by atomic mass is 10.1. The first-order valence-corrected chi connectivity index (χ1v) is 21.3. The van der Waals surface area contributed by atoms with Crippen LogP contribution in [0.1, 0.15) is 13.8 Å². The lowest BCUT2D eigenvalue weighted by molar-refractivity contribution is -0.385. The van der Waals surface area contributed by atoms with Gasteiger partial charge in [0, 0.05) is 54.1 Å². The molecule has 0 radical (unpaired) electrons. The average Bonchev–Trinajstić information content (AvgIpc) is 3.08. The highest BCUT2D eigenvalue weighted by Gasteiger charge is 2.29. The molecule has 0 unspecified atom stereocenters. The van der Waals surface area contributed by atoms with Crippen LogP contribution in [0.5, 0.6) is 11.5 Å². The van der Waals surface area contributed by atoms with E-state index in [1.807, 2.05) is 18.2 Å². The minimum absolute atomic E-state index is 0.0214. The van der Waals surface area contributed by atoms with Gasteiger partial charge in [0.2, 0.25) is 5.95 Å². The molecule has 0 amide bonds. The third-order valence-corrected chi connectivity index (χ3v) is 14.6. The number of nitro groups is 1. The molecule has 49 heavy (non-hydrogen) atoms. The van der Waals surface area contributed by atoms with Gasteiger partial charge >= 0.3 is 5.69 Å². The summed E-state index contributed by atoms with van der Waals surface area (Å²) in [7, 11) is -3.31. The largest absolute Gasteiger partial charge is 0.496 e. The Hall–Kier alpha value is -4.09. The average molecular weight is 729 g/mol. The molecule has 2 heterocycles. The van der Waals surface area contributed by atoms with Crippen LogP contribution in [0.4, 0.5) is 23.1 Å². The molecule has 1 aliphatic rings. The minimum atomic E-state index is -3.55. The summed E-state index contributed by atoms with van der Waals surface area (Å²) < 4.78 is 50.0. The van der Waals surface area contributed by atoms with Crippen LogP contribution in [0.15, 0.2) is 71.8 Å². The molecule has 16 heteroatoms.